The van der Waals surface area contributed by atoms with E-state index in [0.717, 1.165) is 17.1 Å². The Kier molecular flexibility index (Phi) is 5.38. The fourth-order valence-electron chi connectivity index (χ4n) is 2.19. The van der Waals surface area contributed by atoms with Gasteiger partial charge in [0, 0.05) is 38.1 Å². The van der Waals surface area contributed by atoms with Crippen LogP contribution < -0.4 is 4.90 Å². The number of aryl methyl sites for hydroxylation is 2. The first kappa shape index (κ1) is 17.0. The lowest BCUT2D eigenvalue weighted by atomic mass is 10.2. The number of carbonyl (C=O) groups excluding carboxylic acids is 2. The molecule has 0 unspecified atom stereocenters. The molecule has 0 fully saturated rings. The fraction of sp³-hybridized carbons (Fsp3) is 0.400. The SMILES string of the molecule is Cc1nc(C)c(CCN(C)C(=O)c2cncnc2N(C)C=O)s1. The van der Waals surface area contributed by atoms with E-state index in [1.165, 1.54) is 22.3 Å². The molecule has 23 heavy (non-hydrogen) atoms. The highest BCUT2D eigenvalue weighted by Gasteiger charge is 2.19. The average molecular weight is 333 g/mol. The molecule has 8 heteroatoms. The first-order valence-corrected chi connectivity index (χ1v) is 7.92. The predicted octanol–water partition coefficient (Wildman–Crippen LogP) is 1.46. The average Bonchev–Trinajstić information content (AvgIpc) is 2.88. The molecule has 0 N–H and O–H groups in total. The second-order valence-electron chi connectivity index (χ2n) is 5.19. The Morgan fingerprint density at radius 3 is 2.70 bits per heavy atom. The third kappa shape index (κ3) is 3.89. The highest BCUT2D eigenvalue weighted by Crippen LogP contribution is 2.19. The van der Waals surface area contributed by atoms with Gasteiger partial charge in [-0.2, -0.15) is 0 Å². The molecule has 0 aliphatic rings. The molecule has 0 aliphatic heterocycles. The van der Waals surface area contributed by atoms with Crippen LogP contribution in [0.3, 0.4) is 0 Å². The molecule has 0 aliphatic carbocycles. The lowest BCUT2D eigenvalue weighted by Crippen LogP contribution is -2.31. The first-order chi connectivity index (χ1) is 10.9. The molecule has 2 aromatic heterocycles. The van der Waals surface area contributed by atoms with E-state index in [1.807, 2.05) is 13.8 Å². The molecule has 2 aromatic rings. The maximum Gasteiger partial charge on any atom is 0.258 e. The molecule has 0 bridgehead atoms. The molecule has 122 valence electrons. The van der Waals surface area contributed by atoms with Crippen molar-refractivity contribution in [2.24, 2.45) is 0 Å². The van der Waals surface area contributed by atoms with Crippen molar-refractivity contribution >= 4 is 29.5 Å². The van der Waals surface area contributed by atoms with E-state index >= 15 is 0 Å². The fourth-order valence-corrected chi connectivity index (χ4v) is 3.11. The summed E-state index contributed by atoms with van der Waals surface area (Å²) in [4.78, 5) is 39.9. The highest BCUT2D eigenvalue weighted by molar-refractivity contribution is 7.11. The van der Waals surface area contributed by atoms with Crippen molar-refractivity contribution in [3.63, 3.8) is 0 Å². The molecular weight excluding hydrogens is 314 g/mol. The number of carbonyl (C=O) groups is 2. The summed E-state index contributed by atoms with van der Waals surface area (Å²) in [5, 5.41) is 1.03. The summed E-state index contributed by atoms with van der Waals surface area (Å²) < 4.78 is 0. The molecule has 2 rings (SSSR count). The maximum absolute atomic E-state index is 12.6. The van der Waals surface area contributed by atoms with Gasteiger partial charge in [0.25, 0.3) is 5.91 Å². The van der Waals surface area contributed by atoms with E-state index in [-0.39, 0.29) is 5.91 Å². The lowest BCUT2D eigenvalue weighted by molar-refractivity contribution is -0.107. The Morgan fingerprint density at radius 2 is 2.09 bits per heavy atom. The van der Waals surface area contributed by atoms with Gasteiger partial charge in [-0.05, 0) is 13.8 Å². The smallest absolute Gasteiger partial charge is 0.258 e. The van der Waals surface area contributed by atoms with Crippen LogP contribution in [0.4, 0.5) is 5.82 Å². The van der Waals surface area contributed by atoms with E-state index < -0.39 is 0 Å². The van der Waals surface area contributed by atoms with E-state index in [2.05, 4.69) is 15.0 Å². The highest BCUT2D eigenvalue weighted by atomic mass is 32.1. The number of rotatable bonds is 6. The number of aromatic nitrogens is 3. The van der Waals surface area contributed by atoms with Crippen LogP contribution in [0.5, 0.6) is 0 Å². The minimum Gasteiger partial charge on any atom is -0.341 e. The van der Waals surface area contributed by atoms with Gasteiger partial charge in [-0.1, -0.05) is 0 Å². The topological polar surface area (TPSA) is 79.3 Å². The number of hydrogen-bond acceptors (Lipinski definition) is 6. The van der Waals surface area contributed by atoms with Crippen LogP contribution in [-0.4, -0.2) is 52.8 Å². The third-order valence-electron chi connectivity index (χ3n) is 3.43. The van der Waals surface area contributed by atoms with Crippen LogP contribution in [0.15, 0.2) is 12.5 Å². The van der Waals surface area contributed by atoms with Crippen molar-refractivity contribution in [2.75, 3.05) is 25.5 Å². The van der Waals surface area contributed by atoms with Crippen LogP contribution in [-0.2, 0) is 11.2 Å². The van der Waals surface area contributed by atoms with Crippen LogP contribution in [0.25, 0.3) is 0 Å². The van der Waals surface area contributed by atoms with Gasteiger partial charge in [-0.15, -0.1) is 11.3 Å². The maximum atomic E-state index is 12.6. The van der Waals surface area contributed by atoms with Crippen molar-refractivity contribution < 1.29 is 9.59 Å². The second kappa shape index (κ2) is 7.28. The largest absolute Gasteiger partial charge is 0.341 e. The van der Waals surface area contributed by atoms with Crippen LogP contribution in [0.1, 0.15) is 25.9 Å². The van der Waals surface area contributed by atoms with Crippen LogP contribution in [0.2, 0.25) is 0 Å². The summed E-state index contributed by atoms with van der Waals surface area (Å²) in [5.41, 5.74) is 1.32. The molecule has 0 spiro atoms. The standard InChI is InChI=1S/C15H19N5O2S/c1-10-13(23-11(2)18-10)5-6-19(3)15(22)12-7-16-8-17-14(12)20(4)9-21/h7-9H,5-6H2,1-4H3. The molecule has 0 saturated heterocycles. The van der Waals surface area contributed by atoms with Gasteiger partial charge in [-0.3, -0.25) is 9.59 Å². The van der Waals surface area contributed by atoms with Gasteiger partial charge in [0.15, 0.2) is 5.82 Å². The van der Waals surface area contributed by atoms with Gasteiger partial charge in [0.2, 0.25) is 6.41 Å². The summed E-state index contributed by atoms with van der Waals surface area (Å²) in [6, 6.07) is 0. The summed E-state index contributed by atoms with van der Waals surface area (Å²) in [6.45, 7) is 4.50. The number of nitrogens with zero attached hydrogens (tertiary/aromatic N) is 5. The molecule has 0 radical (unpaired) electrons. The van der Waals surface area contributed by atoms with Crippen molar-refractivity contribution in [3.05, 3.63) is 33.7 Å². The molecule has 0 aromatic carbocycles. The van der Waals surface area contributed by atoms with E-state index in [0.29, 0.717) is 24.3 Å². The monoisotopic (exact) mass is 333 g/mol. The number of thiazole rings is 1. The number of likely N-dealkylation sites (N-methyl/N-ethyl adjacent to an activating group) is 1. The van der Waals surface area contributed by atoms with Gasteiger partial charge >= 0.3 is 0 Å². The molecule has 7 nitrogen and oxygen atoms in total. The Hall–Kier alpha value is -2.35. The molecule has 2 amide bonds. The van der Waals surface area contributed by atoms with Crippen LogP contribution >= 0.6 is 11.3 Å². The number of anilines is 1. The normalized spacial score (nSPS) is 10.4. The van der Waals surface area contributed by atoms with E-state index in [1.54, 1.807) is 30.3 Å². The van der Waals surface area contributed by atoms with Crippen molar-refractivity contribution in [1.29, 1.82) is 0 Å². The van der Waals surface area contributed by atoms with Gasteiger partial charge in [0.1, 0.15) is 11.9 Å². The Labute approximate surface area is 139 Å². The Balaban J connectivity index is 2.11. The number of amides is 2. The second-order valence-corrected chi connectivity index (χ2v) is 6.48. The summed E-state index contributed by atoms with van der Waals surface area (Å²) in [6.07, 6.45) is 4.10. The first-order valence-electron chi connectivity index (χ1n) is 7.10. The minimum atomic E-state index is -0.215. The van der Waals surface area contributed by atoms with Crippen LogP contribution in [0, 0.1) is 13.8 Å². The lowest BCUT2D eigenvalue weighted by Gasteiger charge is -2.19. The van der Waals surface area contributed by atoms with E-state index in [9.17, 15) is 9.59 Å². The van der Waals surface area contributed by atoms with Crippen molar-refractivity contribution in [1.82, 2.24) is 19.9 Å². The zero-order valence-electron chi connectivity index (χ0n) is 13.6. The van der Waals surface area contributed by atoms with Gasteiger partial charge in [-0.25, -0.2) is 15.0 Å². The zero-order valence-corrected chi connectivity index (χ0v) is 14.4. The van der Waals surface area contributed by atoms with Crippen molar-refractivity contribution in [3.8, 4) is 0 Å². The zero-order chi connectivity index (χ0) is 17.0. The molecule has 0 saturated carbocycles. The third-order valence-corrected chi connectivity index (χ3v) is 4.57. The number of hydrogen-bond donors (Lipinski definition) is 0. The summed E-state index contributed by atoms with van der Waals surface area (Å²) in [7, 11) is 3.28. The minimum absolute atomic E-state index is 0.215. The van der Waals surface area contributed by atoms with E-state index in [4.69, 9.17) is 0 Å². The van der Waals surface area contributed by atoms with Gasteiger partial charge < -0.3 is 9.80 Å². The molecule has 2 heterocycles. The molecular formula is C15H19N5O2S. The Bertz CT molecular complexity index is 716. The molecule has 0 atom stereocenters. The summed E-state index contributed by atoms with van der Waals surface area (Å²) >= 11 is 1.65. The summed E-state index contributed by atoms with van der Waals surface area (Å²) in [5.74, 6) is 0.0878. The van der Waals surface area contributed by atoms with Gasteiger partial charge in [0.05, 0.1) is 10.7 Å². The van der Waals surface area contributed by atoms with Crippen molar-refractivity contribution in [2.45, 2.75) is 20.3 Å². The predicted molar refractivity (Wildman–Crippen MR) is 88.8 cm³/mol. The quantitative estimate of drug-likeness (QED) is 0.748. The Morgan fingerprint density at radius 1 is 1.35 bits per heavy atom.